The predicted molar refractivity (Wildman–Crippen MR) is 120 cm³/mol. The van der Waals surface area contributed by atoms with Crippen LogP contribution in [-0.4, -0.2) is 35.7 Å². The summed E-state index contributed by atoms with van der Waals surface area (Å²) in [6, 6.07) is 10.8. The first kappa shape index (κ1) is 24.1. The largest absolute Gasteiger partial charge is 0.444 e. The van der Waals surface area contributed by atoms with Gasteiger partial charge in [-0.2, -0.15) is 0 Å². The summed E-state index contributed by atoms with van der Waals surface area (Å²) in [4.78, 5) is 16.5. The zero-order chi connectivity index (χ0) is 21.3. The average Bonchev–Trinajstić information content (AvgIpc) is 2.63. The molecule has 1 aromatic carbocycles. The van der Waals surface area contributed by atoms with Crippen LogP contribution in [0.15, 0.2) is 42.6 Å². The van der Waals surface area contributed by atoms with Crippen LogP contribution in [0.4, 0.5) is 10.5 Å². The Morgan fingerprint density at radius 3 is 2.18 bits per heavy atom. The highest BCUT2D eigenvalue weighted by Crippen LogP contribution is 2.30. The summed E-state index contributed by atoms with van der Waals surface area (Å²) < 4.78 is 5.51. The van der Waals surface area contributed by atoms with E-state index in [1.807, 2.05) is 45.6 Å². The summed E-state index contributed by atoms with van der Waals surface area (Å²) in [5, 5.41) is 0. The van der Waals surface area contributed by atoms with Gasteiger partial charge in [0, 0.05) is 30.5 Å². The van der Waals surface area contributed by atoms with Gasteiger partial charge < -0.3 is 14.5 Å². The number of benzene rings is 1. The van der Waals surface area contributed by atoms with Crippen LogP contribution < -0.4 is 4.90 Å². The lowest BCUT2D eigenvalue weighted by Gasteiger charge is -2.41. The molecule has 0 radical (unpaired) electrons. The molecular weight excluding hydrogens is 348 g/mol. The van der Waals surface area contributed by atoms with Crippen molar-refractivity contribution in [2.75, 3.05) is 18.0 Å². The zero-order valence-electron chi connectivity index (χ0n) is 19.0. The first-order valence-electron chi connectivity index (χ1n) is 10.7. The molecule has 0 atom stereocenters. The number of para-hydroxylation sites is 1. The molecule has 1 aromatic rings. The lowest BCUT2D eigenvalue weighted by Crippen LogP contribution is -2.47. The fraction of sp³-hybridized carbons (Fsp3) is 0.625. The van der Waals surface area contributed by atoms with E-state index >= 15 is 0 Å². The molecule has 1 saturated heterocycles. The molecule has 4 heteroatoms. The molecule has 0 spiro atoms. The van der Waals surface area contributed by atoms with E-state index in [2.05, 4.69) is 49.6 Å². The standard InChI is InChI=1S/C22H34N2O2.C2H6/c1-17(2)16-18(3)24(19-10-8-7-9-11-19)20-12-14-23(15-13-20)21(25)26-22(4,5)6;1-2/h7-11,17,20H,3,12-16H2,1-2,4-6H3;1-2H3. The predicted octanol–water partition coefficient (Wildman–Crippen LogP) is 6.48. The van der Waals surface area contributed by atoms with Crippen molar-refractivity contribution in [2.24, 2.45) is 5.92 Å². The highest BCUT2D eigenvalue weighted by molar-refractivity contribution is 5.68. The van der Waals surface area contributed by atoms with Gasteiger partial charge in [-0.1, -0.05) is 52.5 Å². The van der Waals surface area contributed by atoms with E-state index in [0.29, 0.717) is 12.0 Å². The van der Waals surface area contributed by atoms with E-state index in [4.69, 9.17) is 4.74 Å². The molecule has 1 heterocycles. The van der Waals surface area contributed by atoms with Crippen LogP contribution in [0.2, 0.25) is 0 Å². The summed E-state index contributed by atoms with van der Waals surface area (Å²) in [7, 11) is 0. The van der Waals surface area contributed by atoms with E-state index in [9.17, 15) is 4.79 Å². The first-order valence-corrected chi connectivity index (χ1v) is 10.7. The first-order chi connectivity index (χ1) is 13.2. The Balaban J connectivity index is 0.00000190. The molecule has 0 bridgehead atoms. The van der Waals surface area contributed by atoms with Crippen molar-refractivity contribution < 1.29 is 9.53 Å². The molecule has 158 valence electrons. The quantitative estimate of drug-likeness (QED) is 0.579. The van der Waals surface area contributed by atoms with Crippen LogP contribution in [-0.2, 0) is 4.74 Å². The SMILES string of the molecule is C=C(CC(C)C)N(c1ccccc1)C1CCN(C(=O)OC(C)(C)C)CC1.CC. The number of ether oxygens (including phenoxy) is 1. The Morgan fingerprint density at radius 2 is 1.71 bits per heavy atom. The minimum Gasteiger partial charge on any atom is -0.444 e. The van der Waals surface area contributed by atoms with Gasteiger partial charge in [0.05, 0.1) is 0 Å². The number of nitrogens with zero attached hydrogens (tertiary/aromatic N) is 2. The van der Waals surface area contributed by atoms with Crippen LogP contribution >= 0.6 is 0 Å². The molecule has 0 aromatic heterocycles. The van der Waals surface area contributed by atoms with Crippen molar-refractivity contribution in [2.45, 2.75) is 79.4 Å². The fourth-order valence-electron chi connectivity index (χ4n) is 3.44. The Labute approximate surface area is 172 Å². The topological polar surface area (TPSA) is 32.8 Å². The Morgan fingerprint density at radius 1 is 1.18 bits per heavy atom. The molecule has 1 amide bonds. The van der Waals surface area contributed by atoms with Gasteiger partial charge in [-0.05, 0) is 58.1 Å². The summed E-state index contributed by atoms with van der Waals surface area (Å²) >= 11 is 0. The van der Waals surface area contributed by atoms with Gasteiger partial charge in [-0.25, -0.2) is 4.79 Å². The van der Waals surface area contributed by atoms with Gasteiger partial charge in [0.2, 0.25) is 0 Å². The third-order valence-corrected chi connectivity index (χ3v) is 4.50. The molecule has 0 aliphatic carbocycles. The number of anilines is 1. The van der Waals surface area contributed by atoms with E-state index in [-0.39, 0.29) is 6.09 Å². The van der Waals surface area contributed by atoms with Gasteiger partial charge in [0.25, 0.3) is 0 Å². The molecule has 1 aliphatic rings. The molecule has 0 saturated carbocycles. The summed E-state index contributed by atoms with van der Waals surface area (Å²) in [5.41, 5.74) is 1.89. The number of carbonyl (C=O) groups excluding carboxylic acids is 1. The Bertz CT molecular complexity index is 597. The lowest BCUT2D eigenvalue weighted by molar-refractivity contribution is 0.0206. The average molecular weight is 389 g/mol. The monoisotopic (exact) mass is 388 g/mol. The van der Waals surface area contributed by atoms with Crippen molar-refractivity contribution in [3.63, 3.8) is 0 Å². The number of amides is 1. The highest BCUT2D eigenvalue weighted by Gasteiger charge is 2.30. The van der Waals surface area contributed by atoms with Crippen molar-refractivity contribution in [3.05, 3.63) is 42.6 Å². The maximum Gasteiger partial charge on any atom is 0.410 e. The number of hydrogen-bond acceptors (Lipinski definition) is 3. The minimum absolute atomic E-state index is 0.205. The summed E-state index contributed by atoms with van der Waals surface area (Å²) in [6.45, 7) is 20.0. The molecule has 28 heavy (non-hydrogen) atoms. The van der Waals surface area contributed by atoms with Crippen LogP contribution in [0.5, 0.6) is 0 Å². The van der Waals surface area contributed by atoms with Crippen molar-refractivity contribution in [1.82, 2.24) is 4.90 Å². The maximum absolute atomic E-state index is 12.3. The molecule has 4 nitrogen and oxygen atoms in total. The van der Waals surface area contributed by atoms with Crippen LogP contribution in [0.3, 0.4) is 0 Å². The molecule has 0 unspecified atom stereocenters. The molecule has 1 fully saturated rings. The van der Waals surface area contributed by atoms with Gasteiger partial charge in [-0.15, -0.1) is 0 Å². The van der Waals surface area contributed by atoms with Crippen LogP contribution in [0.25, 0.3) is 0 Å². The van der Waals surface area contributed by atoms with Crippen LogP contribution in [0, 0.1) is 5.92 Å². The highest BCUT2D eigenvalue weighted by atomic mass is 16.6. The normalized spacial score (nSPS) is 14.9. The number of hydrogen-bond donors (Lipinski definition) is 0. The van der Waals surface area contributed by atoms with Gasteiger partial charge in [0.1, 0.15) is 5.60 Å². The van der Waals surface area contributed by atoms with Gasteiger partial charge in [0.15, 0.2) is 0 Å². The second-order valence-electron chi connectivity index (χ2n) is 8.57. The number of allylic oxidation sites excluding steroid dienone is 1. The van der Waals surface area contributed by atoms with E-state index < -0.39 is 5.60 Å². The third kappa shape index (κ3) is 7.57. The minimum atomic E-state index is -0.449. The number of carbonyl (C=O) groups is 1. The molecule has 2 rings (SSSR count). The van der Waals surface area contributed by atoms with Crippen LogP contribution in [0.1, 0.15) is 67.7 Å². The fourth-order valence-corrected chi connectivity index (χ4v) is 3.44. The Kier molecular flexibility index (Phi) is 9.57. The molecule has 0 N–H and O–H groups in total. The van der Waals surface area contributed by atoms with E-state index in [1.54, 1.807) is 0 Å². The maximum atomic E-state index is 12.3. The molecular formula is C24H40N2O2. The number of rotatable bonds is 5. The van der Waals surface area contributed by atoms with E-state index in [0.717, 1.165) is 38.0 Å². The van der Waals surface area contributed by atoms with Crippen molar-refractivity contribution in [1.29, 1.82) is 0 Å². The zero-order valence-corrected chi connectivity index (χ0v) is 19.0. The molecule has 1 aliphatic heterocycles. The number of likely N-dealkylation sites (tertiary alicyclic amines) is 1. The Hall–Kier alpha value is -1.97. The van der Waals surface area contributed by atoms with Gasteiger partial charge in [-0.3, -0.25) is 0 Å². The third-order valence-electron chi connectivity index (χ3n) is 4.50. The van der Waals surface area contributed by atoms with Gasteiger partial charge >= 0.3 is 6.09 Å². The summed E-state index contributed by atoms with van der Waals surface area (Å²) in [6.07, 6.45) is 2.61. The smallest absolute Gasteiger partial charge is 0.410 e. The van der Waals surface area contributed by atoms with Crippen molar-refractivity contribution >= 4 is 11.8 Å². The summed E-state index contributed by atoms with van der Waals surface area (Å²) in [5.74, 6) is 0.565. The second-order valence-corrected chi connectivity index (χ2v) is 8.57. The van der Waals surface area contributed by atoms with Crippen molar-refractivity contribution in [3.8, 4) is 0 Å². The second kappa shape index (κ2) is 11.1. The number of piperidine rings is 1. The lowest BCUT2D eigenvalue weighted by atomic mass is 9.99. The van der Waals surface area contributed by atoms with E-state index in [1.165, 1.54) is 5.69 Å².